The smallest absolute Gasteiger partial charge is 0.236 e. The Morgan fingerprint density at radius 1 is 1.32 bits per heavy atom. The molecule has 4 aliphatic rings. The zero-order chi connectivity index (χ0) is 19.0. The van der Waals surface area contributed by atoms with Crippen molar-refractivity contribution in [2.75, 3.05) is 16.8 Å². The molecule has 0 bridgehead atoms. The molecule has 6 nitrogen and oxygen atoms in total. The third-order valence-corrected chi connectivity index (χ3v) is 7.04. The van der Waals surface area contributed by atoms with Crippen LogP contribution in [0.4, 0.5) is 11.6 Å². The number of hydrogen-bond acceptors (Lipinski definition) is 5. The van der Waals surface area contributed by atoms with E-state index in [1.54, 1.807) is 0 Å². The zero-order valence-corrected chi connectivity index (χ0v) is 15.8. The van der Waals surface area contributed by atoms with Crippen LogP contribution < -0.4 is 10.2 Å². The quantitative estimate of drug-likeness (QED) is 0.878. The molecule has 1 saturated carbocycles. The fourth-order valence-corrected chi connectivity index (χ4v) is 5.09. The predicted octanol–water partition coefficient (Wildman–Crippen LogP) is 2.96. The van der Waals surface area contributed by atoms with Gasteiger partial charge in [0.05, 0.1) is 23.1 Å². The number of amides is 1. The van der Waals surface area contributed by atoms with Crippen LogP contribution in [-0.4, -0.2) is 28.5 Å². The van der Waals surface area contributed by atoms with Gasteiger partial charge in [0.25, 0.3) is 0 Å². The summed E-state index contributed by atoms with van der Waals surface area (Å²) in [7, 11) is 0. The van der Waals surface area contributed by atoms with Gasteiger partial charge in [-0.3, -0.25) is 4.79 Å². The molecule has 2 aliphatic carbocycles. The molecule has 140 valence electrons. The van der Waals surface area contributed by atoms with Crippen molar-refractivity contribution in [3.05, 3.63) is 35.0 Å². The second-order valence-corrected chi connectivity index (χ2v) is 8.55. The second-order valence-electron chi connectivity index (χ2n) is 8.55. The van der Waals surface area contributed by atoms with E-state index in [4.69, 9.17) is 9.97 Å². The van der Waals surface area contributed by atoms with Crippen molar-refractivity contribution in [2.24, 2.45) is 5.92 Å². The molecular formula is C22H21N5O. The van der Waals surface area contributed by atoms with Gasteiger partial charge in [-0.15, -0.1) is 0 Å². The van der Waals surface area contributed by atoms with E-state index in [0.29, 0.717) is 12.5 Å². The average molecular weight is 371 g/mol. The lowest BCUT2D eigenvalue weighted by Gasteiger charge is -2.39. The number of aromatic nitrogens is 2. The zero-order valence-electron chi connectivity index (χ0n) is 15.8. The lowest BCUT2D eigenvalue weighted by atomic mass is 9.92. The molecule has 6 heteroatoms. The summed E-state index contributed by atoms with van der Waals surface area (Å²) in [4.78, 5) is 24.7. The van der Waals surface area contributed by atoms with Gasteiger partial charge in [0, 0.05) is 35.1 Å². The SMILES string of the molecule is C[C@H]1CCN1c1nc2c(c(-c3ccc4c(c3)[C@]3(C[C@@H]3C#N)C(=O)N4)n1)CCC2. The molecule has 2 fully saturated rings. The highest BCUT2D eigenvalue weighted by atomic mass is 16.2. The average Bonchev–Trinajstić information content (AvgIpc) is 3.14. The number of aryl methyl sites for hydroxylation is 1. The fraction of sp³-hybridized carbons (Fsp3) is 0.455. The number of anilines is 2. The third kappa shape index (κ3) is 1.94. The van der Waals surface area contributed by atoms with E-state index >= 15 is 0 Å². The summed E-state index contributed by atoms with van der Waals surface area (Å²) in [6.07, 6.45) is 4.92. The Morgan fingerprint density at radius 2 is 2.21 bits per heavy atom. The van der Waals surface area contributed by atoms with Crippen LogP contribution in [0.3, 0.4) is 0 Å². The first-order chi connectivity index (χ1) is 13.6. The summed E-state index contributed by atoms with van der Waals surface area (Å²) in [5.74, 6) is 0.576. The maximum atomic E-state index is 12.6. The number of carbonyl (C=O) groups excluding carboxylic acids is 1. The van der Waals surface area contributed by atoms with Crippen molar-refractivity contribution in [1.29, 1.82) is 5.26 Å². The highest BCUT2D eigenvalue weighted by Crippen LogP contribution is 2.60. The summed E-state index contributed by atoms with van der Waals surface area (Å²) < 4.78 is 0. The monoisotopic (exact) mass is 371 g/mol. The Balaban J connectivity index is 1.49. The van der Waals surface area contributed by atoms with Crippen molar-refractivity contribution in [2.45, 2.75) is 50.5 Å². The lowest BCUT2D eigenvalue weighted by Crippen LogP contribution is -2.46. The van der Waals surface area contributed by atoms with E-state index in [-0.39, 0.29) is 11.8 Å². The topological polar surface area (TPSA) is 81.9 Å². The summed E-state index contributed by atoms with van der Waals surface area (Å²) >= 11 is 0. The number of benzene rings is 1. The molecule has 0 radical (unpaired) electrons. The molecule has 3 heterocycles. The van der Waals surface area contributed by atoms with Gasteiger partial charge in [0.15, 0.2) is 0 Å². The number of hydrogen-bond donors (Lipinski definition) is 1. The first-order valence-electron chi connectivity index (χ1n) is 10.1. The number of nitrogens with zero attached hydrogens (tertiary/aromatic N) is 4. The number of fused-ring (bicyclic) bond motifs is 3. The lowest BCUT2D eigenvalue weighted by molar-refractivity contribution is -0.118. The Bertz CT molecular complexity index is 1090. The van der Waals surface area contributed by atoms with E-state index in [1.807, 2.05) is 12.1 Å². The maximum absolute atomic E-state index is 12.6. The molecule has 0 unspecified atom stereocenters. The van der Waals surface area contributed by atoms with Gasteiger partial charge in [-0.1, -0.05) is 6.07 Å². The number of carbonyl (C=O) groups is 1. The highest BCUT2D eigenvalue weighted by Gasteiger charge is 2.65. The van der Waals surface area contributed by atoms with Crippen LogP contribution in [0.1, 0.15) is 43.0 Å². The van der Waals surface area contributed by atoms with E-state index in [9.17, 15) is 10.1 Å². The Morgan fingerprint density at radius 3 is 2.93 bits per heavy atom. The summed E-state index contributed by atoms with van der Waals surface area (Å²) in [6.45, 7) is 3.22. The van der Waals surface area contributed by atoms with E-state index in [1.165, 1.54) is 17.7 Å². The fourth-order valence-electron chi connectivity index (χ4n) is 5.09. The molecule has 3 atom stereocenters. The molecule has 1 saturated heterocycles. The van der Waals surface area contributed by atoms with Gasteiger partial charge in [0.1, 0.15) is 0 Å². The number of nitrogens with one attached hydrogen (secondary N) is 1. The Kier molecular flexibility index (Phi) is 3.05. The largest absolute Gasteiger partial charge is 0.338 e. The Hall–Kier alpha value is -2.94. The molecular weight excluding hydrogens is 350 g/mol. The number of rotatable bonds is 2. The van der Waals surface area contributed by atoms with Gasteiger partial charge < -0.3 is 10.2 Å². The van der Waals surface area contributed by atoms with Crippen LogP contribution in [0.25, 0.3) is 11.3 Å². The van der Waals surface area contributed by atoms with Crippen molar-refractivity contribution < 1.29 is 4.79 Å². The molecule has 1 aromatic heterocycles. The first-order valence-corrected chi connectivity index (χ1v) is 10.1. The minimum atomic E-state index is -0.648. The minimum Gasteiger partial charge on any atom is -0.338 e. The molecule has 1 N–H and O–H groups in total. The van der Waals surface area contributed by atoms with Crippen molar-refractivity contribution in [1.82, 2.24) is 9.97 Å². The molecule has 28 heavy (non-hydrogen) atoms. The third-order valence-electron chi connectivity index (χ3n) is 7.04. The van der Waals surface area contributed by atoms with Crippen LogP contribution in [0.2, 0.25) is 0 Å². The van der Waals surface area contributed by atoms with Crippen LogP contribution in [0, 0.1) is 17.2 Å². The molecule has 2 aromatic rings. The standard InChI is InChI=1S/C22H21N5O/c1-12-7-8-27(12)21-25-17-4-2-3-15(17)19(26-21)13-5-6-18-16(9-13)22(20(28)24-18)10-14(22)11-23/h5-6,9,12,14H,2-4,7-8,10H2,1H3,(H,24,28)/t12-,14+,22+/m0/s1. The van der Waals surface area contributed by atoms with Gasteiger partial charge in [0.2, 0.25) is 11.9 Å². The summed E-state index contributed by atoms with van der Waals surface area (Å²) in [5.41, 5.74) is 5.61. The van der Waals surface area contributed by atoms with Crippen molar-refractivity contribution in [3.63, 3.8) is 0 Å². The van der Waals surface area contributed by atoms with E-state index in [0.717, 1.165) is 54.3 Å². The van der Waals surface area contributed by atoms with E-state index in [2.05, 4.69) is 29.3 Å². The first kappa shape index (κ1) is 16.1. The molecule has 1 aromatic carbocycles. The van der Waals surface area contributed by atoms with Gasteiger partial charge in [-0.2, -0.15) is 5.26 Å². The summed E-state index contributed by atoms with van der Waals surface area (Å²) in [5, 5.41) is 12.4. The maximum Gasteiger partial charge on any atom is 0.236 e. The Labute approximate surface area is 163 Å². The van der Waals surface area contributed by atoms with Gasteiger partial charge in [-0.25, -0.2) is 9.97 Å². The predicted molar refractivity (Wildman–Crippen MR) is 105 cm³/mol. The van der Waals surface area contributed by atoms with Crippen molar-refractivity contribution >= 4 is 17.5 Å². The normalized spacial score (nSPS) is 29.1. The highest BCUT2D eigenvalue weighted by molar-refractivity contribution is 6.09. The van der Waals surface area contributed by atoms with Crippen LogP contribution in [-0.2, 0) is 23.1 Å². The molecule has 1 amide bonds. The second kappa shape index (κ2) is 5.32. The van der Waals surface area contributed by atoms with Gasteiger partial charge >= 0.3 is 0 Å². The summed E-state index contributed by atoms with van der Waals surface area (Å²) in [6, 6.07) is 8.89. The molecule has 6 rings (SSSR count). The number of nitriles is 1. The van der Waals surface area contributed by atoms with Crippen LogP contribution in [0.5, 0.6) is 0 Å². The van der Waals surface area contributed by atoms with E-state index < -0.39 is 5.41 Å². The van der Waals surface area contributed by atoms with Crippen LogP contribution >= 0.6 is 0 Å². The van der Waals surface area contributed by atoms with Crippen molar-refractivity contribution in [3.8, 4) is 17.3 Å². The van der Waals surface area contributed by atoms with Crippen LogP contribution in [0.15, 0.2) is 18.2 Å². The van der Waals surface area contributed by atoms with Gasteiger partial charge in [-0.05, 0) is 56.7 Å². The molecule has 2 aliphatic heterocycles. The molecule has 1 spiro atoms. The minimum absolute atomic E-state index is 0.0331.